The summed E-state index contributed by atoms with van der Waals surface area (Å²) >= 11 is 1.43. The van der Waals surface area contributed by atoms with Gasteiger partial charge in [-0.2, -0.15) is 0 Å². The summed E-state index contributed by atoms with van der Waals surface area (Å²) in [4.78, 5) is 29.6. The molecule has 0 unspecified atom stereocenters. The van der Waals surface area contributed by atoms with E-state index in [0.29, 0.717) is 16.0 Å². The highest BCUT2D eigenvalue weighted by Crippen LogP contribution is 2.21. The number of anilines is 1. The van der Waals surface area contributed by atoms with Gasteiger partial charge in [-0.1, -0.05) is 17.3 Å². The Morgan fingerprint density at radius 3 is 2.83 bits per heavy atom. The van der Waals surface area contributed by atoms with Crippen molar-refractivity contribution in [1.29, 1.82) is 0 Å². The van der Waals surface area contributed by atoms with Crippen molar-refractivity contribution in [2.45, 2.75) is 26.8 Å². The lowest BCUT2D eigenvalue weighted by molar-refractivity contribution is -0.116. The van der Waals surface area contributed by atoms with Crippen molar-refractivity contribution in [3.63, 3.8) is 0 Å². The molecule has 2 aromatic heterocycles. The first-order valence-electron chi connectivity index (χ1n) is 7.11. The van der Waals surface area contributed by atoms with Crippen LogP contribution in [0, 0.1) is 13.8 Å². The maximum absolute atomic E-state index is 12.3. The number of aryl methyl sites for hydroxylation is 3. The Morgan fingerprint density at radius 1 is 1.30 bits per heavy atom. The standard InChI is InChI=1S/C15H15N5O2S/c1-9-10(2)23-15(16-9)17-13(21)7-8-20-14(22)11-5-3-4-6-12(11)18-19-20/h3-6H,7-8H2,1-2H3,(H,16,17,21). The minimum Gasteiger partial charge on any atom is -0.302 e. The topological polar surface area (TPSA) is 89.8 Å². The number of rotatable bonds is 4. The molecule has 1 N–H and O–H groups in total. The molecule has 0 bridgehead atoms. The van der Waals surface area contributed by atoms with Gasteiger partial charge in [-0.25, -0.2) is 9.67 Å². The van der Waals surface area contributed by atoms with Crippen LogP contribution in [0.3, 0.4) is 0 Å². The highest BCUT2D eigenvalue weighted by Gasteiger charge is 2.10. The molecule has 0 saturated heterocycles. The molecular formula is C15H15N5O2S. The summed E-state index contributed by atoms with van der Waals surface area (Å²) in [6.07, 6.45) is 0.130. The molecule has 23 heavy (non-hydrogen) atoms. The van der Waals surface area contributed by atoms with Gasteiger partial charge in [-0.05, 0) is 26.0 Å². The van der Waals surface area contributed by atoms with Crippen molar-refractivity contribution in [2.24, 2.45) is 0 Å². The number of amides is 1. The van der Waals surface area contributed by atoms with Crippen LogP contribution in [0.2, 0.25) is 0 Å². The van der Waals surface area contributed by atoms with E-state index in [1.54, 1.807) is 24.3 Å². The number of carbonyl (C=O) groups excluding carboxylic acids is 1. The van der Waals surface area contributed by atoms with E-state index in [1.165, 1.54) is 16.0 Å². The smallest absolute Gasteiger partial charge is 0.277 e. The van der Waals surface area contributed by atoms with Crippen molar-refractivity contribution >= 4 is 33.3 Å². The third kappa shape index (κ3) is 3.26. The predicted molar refractivity (Wildman–Crippen MR) is 88.6 cm³/mol. The maximum atomic E-state index is 12.3. The van der Waals surface area contributed by atoms with E-state index in [1.807, 2.05) is 13.8 Å². The molecule has 8 heteroatoms. The molecule has 3 aromatic rings. The second kappa shape index (κ2) is 6.25. The summed E-state index contributed by atoms with van der Waals surface area (Å²) in [6.45, 7) is 4.02. The first-order chi connectivity index (χ1) is 11.0. The quantitative estimate of drug-likeness (QED) is 0.789. The monoisotopic (exact) mass is 329 g/mol. The molecule has 0 radical (unpaired) electrons. The summed E-state index contributed by atoms with van der Waals surface area (Å²) in [7, 11) is 0. The van der Waals surface area contributed by atoms with Gasteiger partial charge in [-0.15, -0.1) is 16.4 Å². The highest BCUT2D eigenvalue weighted by atomic mass is 32.1. The van der Waals surface area contributed by atoms with Crippen molar-refractivity contribution < 1.29 is 4.79 Å². The van der Waals surface area contributed by atoms with Gasteiger partial charge in [0.15, 0.2) is 5.13 Å². The summed E-state index contributed by atoms with van der Waals surface area (Å²) in [5, 5.41) is 11.7. The van der Waals surface area contributed by atoms with E-state index >= 15 is 0 Å². The minimum absolute atomic E-state index is 0.130. The lowest BCUT2D eigenvalue weighted by atomic mass is 10.2. The minimum atomic E-state index is -0.246. The van der Waals surface area contributed by atoms with E-state index in [9.17, 15) is 9.59 Å². The molecule has 118 valence electrons. The molecular weight excluding hydrogens is 314 g/mol. The normalized spacial score (nSPS) is 10.9. The Morgan fingerprint density at radius 2 is 2.09 bits per heavy atom. The largest absolute Gasteiger partial charge is 0.302 e. The van der Waals surface area contributed by atoms with Gasteiger partial charge in [0.25, 0.3) is 5.56 Å². The summed E-state index contributed by atoms with van der Waals surface area (Å²) < 4.78 is 1.21. The molecule has 0 atom stereocenters. The molecule has 0 aliphatic carbocycles. The molecule has 0 spiro atoms. The highest BCUT2D eigenvalue weighted by molar-refractivity contribution is 7.15. The van der Waals surface area contributed by atoms with E-state index in [2.05, 4.69) is 20.6 Å². The van der Waals surface area contributed by atoms with Crippen molar-refractivity contribution in [3.05, 3.63) is 45.2 Å². The van der Waals surface area contributed by atoms with Gasteiger partial charge >= 0.3 is 0 Å². The predicted octanol–water partition coefficient (Wildman–Crippen LogP) is 1.89. The average Bonchev–Trinajstić information content (AvgIpc) is 2.84. The van der Waals surface area contributed by atoms with Crippen LogP contribution in [0.1, 0.15) is 17.0 Å². The van der Waals surface area contributed by atoms with Gasteiger partial charge in [0, 0.05) is 11.3 Å². The number of hydrogen-bond donors (Lipinski definition) is 1. The Labute approximate surface area is 136 Å². The van der Waals surface area contributed by atoms with Crippen LogP contribution in [-0.4, -0.2) is 25.9 Å². The van der Waals surface area contributed by atoms with Gasteiger partial charge in [0.1, 0.15) is 5.52 Å². The summed E-state index contributed by atoms with van der Waals surface area (Å²) in [5.74, 6) is -0.208. The number of carbonyl (C=O) groups is 1. The summed E-state index contributed by atoms with van der Waals surface area (Å²) in [6, 6.07) is 7.00. The molecule has 0 aliphatic rings. The third-order valence-corrected chi connectivity index (χ3v) is 4.44. The zero-order chi connectivity index (χ0) is 16.4. The first kappa shape index (κ1) is 15.3. The zero-order valence-corrected chi connectivity index (χ0v) is 13.6. The van der Waals surface area contributed by atoms with E-state index in [-0.39, 0.29) is 24.4 Å². The fraction of sp³-hybridized carbons (Fsp3) is 0.267. The van der Waals surface area contributed by atoms with Crippen LogP contribution in [0.4, 0.5) is 5.13 Å². The molecule has 3 rings (SSSR count). The van der Waals surface area contributed by atoms with Gasteiger partial charge in [0.05, 0.1) is 17.6 Å². The number of aromatic nitrogens is 4. The Hall–Kier alpha value is -2.61. The van der Waals surface area contributed by atoms with Crippen LogP contribution in [0.5, 0.6) is 0 Å². The lowest BCUT2D eigenvalue weighted by Gasteiger charge is -2.04. The van der Waals surface area contributed by atoms with Crippen molar-refractivity contribution in [3.8, 4) is 0 Å². The van der Waals surface area contributed by atoms with E-state index in [4.69, 9.17) is 0 Å². The molecule has 0 aliphatic heterocycles. The number of hydrogen-bond acceptors (Lipinski definition) is 6. The fourth-order valence-corrected chi connectivity index (χ4v) is 2.92. The van der Waals surface area contributed by atoms with Gasteiger partial charge in [0.2, 0.25) is 5.91 Å². The Bertz CT molecular complexity index is 912. The van der Waals surface area contributed by atoms with Crippen LogP contribution in [0.15, 0.2) is 29.1 Å². The molecule has 0 fully saturated rings. The van der Waals surface area contributed by atoms with Crippen LogP contribution in [0.25, 0.3) is 10.9 Å². The molecule has 7 nitrogen and oxygen atoms in total. The molecule has 1 amide bonds. The van der Waals surface area contributed by atoms with Gasteiger partial charge in [-0.3, -0.25) is 9.59 Å². The molecule has 1 aromatic carbocycles. The third-order valence-electron chi connectivity index (χ3n) is 3.45. The number of thiazole rings is 1. The fourth-order valence-electron chi connectivity index (χ4n) is 2.09. The maximum Gasteiger partial charge on any atom is 0.277 e. The zero-order valence-electron chi connectivity index (χ0n) is 12.7. The van der Waals surface area contributed by atoms with Crippen LogP contribution < -0.4 is 10.9 Å². The second-order valence-corrected chi connectivity index (χ2v) is 6.30. The number of nitrogens with one attached hydrogen (secondary N) is 1. The number of nitrogens with zero attached hydrogens (tertiary/aromatic N) is 4. The number of benzene rings is 1. The average molecular weight is 329 g/mol. The van der Waals surface area contributed by atoms with E-state index < -0.39 is 0 Å². The molecule has 0 saturated carbocycles. The van der Waals surface area contributed by atoms with Crippen molar-refractivity contribution in [1.82, 2.24) is 20.0 Å². The lowest BCUT2D eigenvalue weighted by Crippen LogP contribution is -2.26. The summed E-state index contributed by atoms with van der Waals surface area (Å²) in [5.41, 5.74) is 1.21. The molecule has 2 heterocycles. The van der Waals surface area contributed by atoms with Crippen LogP contribution in [-0.2, 0) is 11.3 Å². The first-order valence-corrected chi connectivity index (χ1v) is 7.92. The van der Waals surface area contributed by atoms with Gasteiger partial charge < -0.3 is 5.32 Å². The number of fused-ring (bicyclic) bond motifs is 1. The van der Waals surface area contributed by atoms with Crippen LogP contribution >= 0.6 is 11.3 Å². The Kier molecular flexibility index (Phi) is 4.16. The SMILES string of the molecule is Cc1nc(NC(=O)CCn2nnc3ccccc3c2=O)sc1C. The Balaban J connectivity index is 1.69. The second-order valence-electron chi connectivity index (χ2n) is 5.09. The van der Waals surface area contributed by atoms with Crippen molar-refractivity contribution in [2.75, 3.05) is 5.32 Å². The van der Waals surface area contributed by atoms with E-state index in [0.717, 1.165) is 10.6 Å².